The summed E-state index contributed by atoms with van der Waals surface area (Å²) in [5, 5.41) is 0. The number of carbonyl (C=O) groups excluding carboxylic acids is 1. The van der Waals surface area contributed by atoms with Gasteiger partial charge in [0.05, 0.1) is 30.3 Å². The van der Waals surface area contributed by atoms with Crippen LogP contribution in [0.1, 0.15) is 18.4 Å². The molecule has 2 aliphatic heterocycles. The van der Waals surface area contributed by atoms with E-state index in [2.05, 4.69) is 0 Å². The van der Waals surface area contributed by atoms with Crippen molar-refractivity contribution in [3.63, 3.8) is 0 Å². The quantitative estimate of drug-likeness (QED) is 0.457. The first-order chi connectivity index (χ1) is 18.2. The molecule has 1 fully saturated rings. The van der Waals surface area contributed by atoms with Gasteiger partial charge in [0.15, 0.2) is 0 Å². The van der Waals surface area contributed by atoms with E-state index in [4.69, 9.17) is 9.47 Å². The molecule has 10 heteroatoms. The highest BCUT2D eigenvalue weighted by atomic mass is 32.2. The lowest BCUT2D eigenvalue weighted by Gasteiger charge is -2.36. The van der Waals surface area contributed by atoms with Gasteiger partial charge in [0, 0.05) is 25.1 Å². The van der Waals surface area contributed by atoms with Gasteiger partial charge in [0.25, 0.3) is 10.0 Å². The fourth-order valence-electron chi connectivity index (χ4n) is 4.73. The second kappa shape index (κ2) is 10.7. The van der Waals surface area contributed by atoms with Crippen LogP contribution in [0.3, 0.4) is 0 Å². The standard InChI is InChI=1S/C28H28F2N2O5S/c1-19-3-2-4-23(15-19)38(34,35)32-18-22(7-10-28(33)31-11-13-36-14-12-31)37-27-9-5-20(16-26(27)32)24-17-21(29)6-8-25(24)30/h2-6,8-9,15-17,22H,7,10-14,18H2,1H3/t22-/m0/s1. The maximum absolute atomic E-state index is 14.5. The maximum Gasteiger partial charge on any atom is 0.264 e. The first-order valence-corrected chi connectivity index (χ1v) is 13.9. The largest absolute Gasteiger partial charge is 0.486 e. The number of aryl methyl sites for hydroxylation is 1. The van der Waals surface area contributed by atoms with Crippen molar-refractivity contribution in [3.8, 4) is 16.9 Å². The highest BCUT2D eigenvalue weighted by Crippen LogP contribution is 2.41. The summed E-state index contributed by atoms with van der Waals surface area (Å²) in [5.41, 5.74) is 1.33. The van der Waals surface area contributed by atoms with Crippen molar-refractivity contribution in [2.24, 2.45) is 0 Å². The second-order valence-corrected chi connectivity index (χ2v) is 11.3. The van der Waals surface area contributed by atoms with Crippen molar-refractivity contribution in [1.29, 1.82) is 0 Å². The van der Waals surface area contributed by atoms with Crippen LogP contribution >= 0.6 is 0 Å². The Morgan fingerprint density at radius 1 is 1.03 bits per heavy atom. The van der Waals surface area contributed by atoms with Gasteiger partial charge in [-0.15, -0.1) is 0 Å². The molecule has 0 spiro atoms. The summed E-state index contributed by atoms with van der Waals surface area (Å²) in [4.78, 5) is 14.5. The first kappa shape index (κ1) is 26.1. The second-order valence-electron chi connectivity index (χ2n) is 9.43. The van der Waals surface area contributed by atoms with E-state index in [-0.39, 0.29) is 40.8 Å². The number of benzene rings is 3. The zero-order valence-corrected chi connectivity index (χ0v) is 21.7. The normalized spacial score (nSPS) is 17.6. The van der Waals surface area contributed by atoms with Gasteiger partial charge >= 0.3 is 0 Å². The van der Waals surface area contributed by atoms with E-state index < -0.39 is 27.8 Å². The van der Waals surface area contributed by atoms with Gasteiger partial charge in [-0.3, -0.25) is 9.10 Å². The number of halogens is 2. The molecule has 0 aromatic heterocycles. The minimum Gasteiger partial charge on any atom is -0.486 e. The third-order valence-corrected chi connectivity index (χ3v) is 8.53. The molecule has 1 saturated heterocycles. The molecular formula is C28H28F2N2O5S. The van der Waals surface area contributed by atoms with Crippen molar-refractivity contribution in [1.82, 2.24) is 4.90 Å². The lowest BCUT2D eigenvalue weighted by atomic mass is 10.0. The molecule has 0 radical (unpaired) electrons. The van der Waals surface area contributed by atoms with E-state index in [1.165, 1.54) is 16.4 Å². The van der Waals surface area contributed by atoms with Crippen molar-refractivity contribution >= 4 is 21.6 Å². The van der Waals surface area contributed by atoms with Crippen LogP contribution in [-0.4, -0.2) is 58.2 Å². The summed E-state index contributed by atoms with van der Waals surface area (Å²) in [7, 11) is -4.03. The summed E-state index contributed by atoms with van der Waals surface area (Å²) in [6.45, 7) is 3.82. The van der Waals surface area contributed by atoms with Gasteiger partial charge < -0.3 is 14.4 Å². The third-order valence-electron chi connectivity index (χ3n) is 6.75. The average Bonchev–Trinajstić information content (AvgIpc) is 2.92. The number of carbonyl (C=O) groups is 1. The lowest BCUT2D eigenvalue weighted by molar-refractivity contribution is -0.135. The Bertz CT molecular complexity index is 1460. The van der Waals surface area contributed by atoms with E-state index in [0.717, 1.165) is 23.8 Å². The van der Waals surface area contributed by atoms with Crippen molar-refractivity contribution < 1.29 is 31.5 Å². The first-order valence-electron chi connectivity index (χ1n) is 12.4. The van der Waals surface area contributed by atoms with Crippen LogP contribution in [0, 0.1) is 18.6 Å². The fraction of sp³-hybridized carbons (Fsp3) is 0.321. The number of nitrogens with zero attached hydrogens (tertiary/aromatic N) is 2. The Balaban J connectivity index is 1.49. The van der Waals surface area contributed by atoms with Crippen molar-refractivity contribution in [3.05, 3.63) is 77.9 Å². The molecule has 2 heterocycles. The summed E-state index contributed by atoms with van der Waals surface area (Å²) in [5.74, 6) is -0.982. The number of amides is 1. The molecule has 3 aromatic rings. The average molecular weight is 543 g/mol. The van der Waals surface area contributed by atoms with Crippen molar-refractivity contribution in [2.45, 2.75) is 30.8 Å². The predicted molar refractivity (Wildman–Crippen MR) is 139 cm³/mol. The Hall–Kier alpha value is -3.50. The molecule has 5 rings (SSSR count). The minimum atomic E-state index is -4.03. The van der Waals surface area contributed by atoms with Crippen LogP contribution in [0.15, 0.2) is 65.6 Å². The summed E-state index contributed by atoms with van der Waals surface area (Å²) in [6, 6.07) is 14.3. The van der Waals surface area contributed by atoms with Gasteiger partial charge in [-0.1, -0.05) is 18.2 Å². The Morgan fingerprint density at radius 3 is 2.58 bits per heavy atom. The van der Waals surface area contributed by atoms with Gasteiger partial charge in [0.1, 0.15) is 23.5 Å². The SMILES string of the molecule is Cc1cccc(S(=O)(=O)N2C[C@H](CCC(=O)N3CCOCC3)Oc3ccc(-c4cc(F)ccc4F)cc32)c1. The molecule has 0 saturated carbocycles. The highest BCUT2D eigenvalue weighted by molar-refractivity contribution is 7.92. The number of rotatable bonds is 6. The number of ether oxygens (including phenoxy) is 2. The van der Waals surface area contributed by atoms with Gasteiger partial charge in [0.2, 0.25) is 5.91 Å². The van der Waals surface area contributed by atoms with Gasteiger partial charge in [-0.05, 0) is 66.9 Å². The topological polar surface area (TPSA) is 76.2 Å². The number of hydrogen-bond acceptors (Lipinski definition) is 5. The van der Waals surface area contributed by atoms with Crippen LogP contribution in [0.25, 0.3) is 11.1 Å². The molecule has 38 heavy (non-hydrogen) atoms. The monoisotopic (exact) mass is 542 g/mol. The predicted octanol–water partition coefficient (Wildman–Crippen LogP) is 4.54. The van der Waals surface area contributed by atoms with Crippen LogP contribution in [0.4, 0.5) is 14.5 Å². The lowest BCUT2D eigenvalue weighted by Crippen LogP contribution is -2.45. The van der Waals surface area contributed by atoms with Crippen LogP contribution < -0.4 is 9.04 Å². The summed E-state index contributed by atoms with van der Waals surface area (Å²) < 4.78 is 68.8. The zero-order valence-electron chi connectivity index (χ0n) is 20.9. The summed E-state index contributed by atoms with van der Waals surface area (Å²) >= 11 is 0. The molecule has 7 nitrogen and oxygen atoms in total. The molecule has 2 aliphatic rings. The molecule has 0 unspecified atom stereocenters. The Morgan fingerprint density at radius 2 is 1.82 bits per heavy atom. The molecule has 1 amide bonds. The Labute approximate surface area is 220 Å². The number of morpholine rings is 1. The molecule has 0 bridgehead atoms. The minimum absolute atomic E-state index is 0.0129. The Kier molecular flexibility index (Phi) is 7.36. The van der Waals surface area contributed by atoms with Gasteiger partial charge in [-0.25, -0.2) is 17.2 Å². The molecule has 200 valence electrons. The van der Waals surface area contributed by atoms with E-state index in [1.54, 1.807) is 42.2 Å². The molecule has 0 aliphatic carbocycles. The third kappa shape index (κ3) is 5.37. The molecular weight excluding hydrogens is 514 g/mol. The van der Waals surface area contributed by atoms with E-state index in [0.29, 0.717) is 38.3 Å². The van der Waals surface area contributed by atoms with E-state index >= 15 is 0 Å². The molecule has 0 N–H and O–H groups in total. The maximum atomic E-state index is 14.5. The van der Waals surface area contributed by atoms with Crippen LogP contribution in [0.2, 0.25) is 0 Å². The zero-order chi connectivity index (χ0) is 26.9. The fourth-order valence-corrected chi connectivity index (χ4v) is 6.34. The van der Waals surface area contributed by atoms with E-state index in [1.807, 2.05) is 0 Å². The molecule has 3 aromatic carbocycles. The van der Waals surface area contributed by atoms with Gasteiger partial charge in [-0.2, -0.15) is 0 Å². The number of anilines is 1. The molecule has 1 atom stereocenters. The smallest absolute Gasteiger partial charge is 0.264 e. The van der Waals surface area contributed by atoms with Crippen LogP contribution in [-0.2, 0) is 19.6 Å². The van der Waals surface area contributed by atoms with E-state index in [9.17, 15) is 22.0 Å². The summed E-state index contributed by atoms with van der Waals surface area (Å²) in [6.07, 6.45) is -0.0652. The highest BCUT2D eigenvalue weighted by Gasteiger charge is 2.35. The number of hydrogen-bond donors (Lipinski definition) is 0. The van der Waals surface area contributed by atoms with Crippen LogP contribution in [0.5, 0.6) is 5.75 Å². The number of fused-ring (bicyclic) bond motifs is 1. The van der Waals surface area contributed by atoms with Crippen molar-refractivity contribution in [2.75, 3.05) is 37.2 Å². The number of sulfonamides is 1.